The Kier molecular flexibility index (Phi) is 6.20. The Hall–Kier alpha value is -1.59. The summed E-state index contributed by atoms with van der Waals surface area (Å²) in [7, 11) is 0. The zero-order valence-corrected chi connectivity index (χ0v) is 16.4. The van der Waals surface area contributed by atoms with Gasteiger partial charge in [0.15, 0.2) is 0 Å². The Morgan fingerprint density at radius 2 is 2.00 bits per heavy atom. The lowest BCUT2D eigenvalue weighted by Gasteiger charge is -2.34. The van der Waals surface area contributed by atoms with Crippen molar-refractivity contribution in [2.45, 2.75) is 33.1 Å². The number of nitrogens with one attached hydrogen (secondary N) is 1. The number of rotatable bonds is 5. The zero-order chi connectivity index (χ0) is 18.7. The number of carbonyl (C=O) groups excluding carboxylic acids is 2. The number of likely N-dealkylation sites (tertiary alicyclic amines) is 1. The third-order valence-electron chi connectivity index (χ3n) is 5.23. The van der Waals surface area contributed by atoms with Crippen LogP contribution in [0, 0.1) is 11.8 Å². The molecule has 0 spiro atoms. The summed E-state index contributed by atoms with van der Waals surface area (Å²) in [6.45, 7) is 8.86. The predicted octanol–water partition coefficient (Wildman–Crippen LogP) is 3.17. The third kappa shape index (κ3) is 4.57. The van der Waals surface area contributed by atoms with Crippen molar-refractivity contribution in [2.24, 2.45) is 11.8 Å². The molecule has 2 aliphatic rings. The van der Waals surface area contributed by atoms with Crippen molar-refractivity contribution in [1.82, 2.24) is 10.2 Å². The summed E-state index contributed by atoms with van der Waals surface area (Å²) in [6.07, 6.45) is 2.62. The molecule has 3 rings (SSSR count). The standard InChI is InChI=1S/C20H28ClN3O2/c1-14-10-15(2)13-23(12-14)9-7-22-20(26)17-6-5-16(21)11-18(17)24-8-3-4-19(24)25/h5-6,11,14-15H,3-4,7-10,12-13H2,1-2H3,(H,22,26). The summed E-state index contributed by atoms with van der Waals surface area (Å²) in [4.78, 5) is 28.9. The maximum absolute atomic E-state index is 12.7. The first-order valence-corrected chi connectivity index (χ1v) is 9.92. The second-order valence-electron chi connectivity index (χ2n) is 7.77. The van der Waals surface area contributed by atoms with E-state index in [4.69, 9.17) is 11.6 Å². The average molecular weight is 378 g/mol. The first kappa shape index (κ1) is 19.2. The van der Waals surface area contributed by atoms with Crippen molar-refractivity contribution in [3.05, 3.63) is 28.8 Å². The van der Waals surface area contributed by atoms with Crippen LogP contribution in [0.3, 0.4) is 0 Å². The van der Waals surface area contributed by atoms with E-state index in [1.807, 2.05) is 0 Å². The molecule has 2 fully saturated rings. The molecule has 6 heteroatoms. The molecule has 0 aromatic heterocycles. The first-order chi connectivity index (χ1) is 12.4. The van der Waals surface area contributed by atoms with Gasteiger partial charge in [0, 0.05) is 44.2 Å². The highest BCUT2D eigenvalue weighted by atomic mass is 35.5. The number of piperidine rings is 1. The monoisotopic (exact) mass is 377 g/mol. The van der Waals surface area contributed by atoms with Crippen molar-refractivity contribution < 1.29 is 9.59 Å². The largest absolute Gasteiger partial charge is 0.351 e. The van der Waals surface area contributed by atoms with Crippen LogP contribution in [0.1, 0.15) is 43.5 Å². The van der Waals surface area contributed by atoms with Gasteiger partial charge in [-0.05, 0) is 42.9 Å². The van der Waals surface area contributed by atoms with Gasteiger partial charge in [-0.1, -0.05) is 25.4 Å². The number of nitrogens with zero attached hydrogens (tertiary/aromatic N) is 2. The van der Waals surface area contributed by atoms with Crippen LogP contribution in [0.2, 0.25) is 5.02 Å². The van der Waals surface area contributed by atoms with Crippen molar-refractivity contribution in [3.8, 4) is 0 Å². The Bertz CT molecular complexity index is 669. The Labute approximate surface area is 160 Å². The Morgan fingerprint density at radius 3 is 2.65 bits per heavy atom. The quantitative estimate of drug-likeness (QED) is 0.857. The summed E-state index contributed by atoms with van der Waals surface area (Å²) < 4.78 is 0. The van der Waals surface area contributed by atoms with E-state index in [0.717, 1.165) is 26.1 Å². The molecule has 5 nitrogen and oxygen atoms in total. The Balaban J connectivity index is 1.62. The fourth-order valence-electron chi connectivity index (χ4n) is 4.22. The molecule has 1 aromatic carbocycles. The van der Waals surface area contributed by atoms with Gasteiger partial charge in [0.25, 0.3) is 5.91 Å². The molecule has 2 heterocycles. The van der Waals surface area contributed by atoms with E-state index in [0.29, 0.717) is 47.6 Å². The number of hydrogen-bond donors (Lipinski definition) is 1. The minimum Gasteiger partial charge on any atom is -0.351 e. The number of benzene rings is 1. The smallest absolute Gasteiger partial charge is 0.253 e. The van der Waals surface area contributed by atoms with Gasteiger partial charge < -0.3 is 15.1 Å². The molecule has 2 unspecified atom stereocenters. The summed E-state index contributed by atoms with van der Waals surface area (Å²) >= 11 is 6.10. The highest BCUT2D eigenvalue weighted by Crippen LogP contribution is 2.28. The van der Waals surface area contributed by atoms with Gasteiger partial charge in [0.2, 0.25) is 5.91 Å². The van der Waals surface area contributed by atoms with E-state index in [9.17, 15) is 9.59 Å². The lowest BCUT2D eigenvalue weighted by Crippen LogP contribution is -2.43. The second-order valence-corrected chi connectivity index (χ2v) is 8.21. The molecule has 0 saturated carbocycles. The summed E-state index contributed by atoms with van der Waals surface area (Å²) in [5.41, 5.74) is 1.14. The van der Waals surface area contributed by atoms with Gasteiger partial charge in [0.1, 0.15) is 0 Å². The van der Waals surface area contributed by atoms with Gasteiger partial charge in [-0.3, -0.25) is 9.59 Å². The minimum atomic E-state index is -0.144. The Morgan fingerprint density at radius 1 is 1.27 bits per heavy atom. The van der Waals surface area contributed by atoms with E-state index >= 15 is 0 Å². The molecule has 2 amide bonds. The molecular formula is C20H28ClN3O2. The van der Waals surface area contributed by atoms with Crippen LogP contribution in [-0.2, 0) is 4.79 Å². The molecule has 2 aliphatic heterocycles. The second kappa shape index (κ2) is 8.40. The molecule has 0 radical (unpaired) electrons. The van der Waals surface area contributed by atoms with Gasteiger partial charge in [-0.2, -0.15) is 0 Å². The number of hydrogen-bond acceptors (Lipinski definition) is 3. The molecule has 0 bridgehead atoms. The predicted molar refractivity (Wildman–Crippen MR) is 105 cm³/mol. The molecule has 2 atom stereocenters. The maximum Gasteiger partial charge on any atom is 0.253 e. The van der Waals surface area contributed by atoms with Crippen LogP contribution in [0.25, 0.3) is 0 Å². The van der Waals surface area contributed by atoms with Crippen LogP contribution in [0.5, 0.6) is 0 Å². The summed E-state index contributed by atoms with van der Waals surface area (Å²) in [6, 6.07) is 5.13. The molecule has 1 aromatic rings. The number of anilines is 1. The van der Waals surface area contributed by atoms with Crippen LogP contribution in [0.4, 0.5) is 5.69 Å². The highest BCUT2D eigenvalue weighted by molar-refractivity contribution is 6.31. The molecule has 26 heavy (non-hydrogen) atoms. The van der Waals surface area contributed by atoms with Crippen LogP contribution in [0.15, 0.2) is 18.2 Å². The van der Waals surface area contributed by atoms with Crippen molar-refractivity contribution >= 4 is 29.1 Å². The van der Waals surface area contributed by atoms with Gasteiger partial charge in [0.05, 0.1) is 11.3 Å². The maximum atomic E-state index is 12.7. The lowest BCUT2D eigenvalue weighted by atomic mass is 9.92. The van der Waals surface area contributed by atoms with E-state index in [2.05, 4.69) is 24.1 Å². The fraction of sp³-hybridized carbons (Fsp3) is 0.600. The van der Waals surface area contributed by atoms with E-state index in [1.165, 1.54) is 6.42 Å². The van der Waals surface area contributed by atoms with E-state index in [-0.39, 0.29) is 11.8 Å². The molecule has 2 saturated heterocycles. The topological polar surface area (TPSA) is 52.7 Å². The van der Waals surface area contributed by atoms with Crippen LogP contribution in [-0.4, -0.2) is 49.4 Å². The van der Waals surface area contributed by atoms with E-state index in [1.54, 1.807) is 23.1 Å². The summed E-state index contributed by atoms with van der Waals surface area (Å²) in [5.74, 6) is 1.32. The third-order valence-corrected chi connectivity index (χ3v) is 5.46. The summed E-state index contributed by atoms with van der Waals surface area (Å²) in [5, 5.41) is 3.55. The van der Waals surface area contributed by atoms with Crippen molar-refractivity contribution in [2.75, 3.05) is 37.6 Å². The van der Waals surface area contributed by atoms with Crippen molar-refractivity contribution in [3.63, 3.8) is 0 Å². The van der Waals surface area contributed by atoms with Crippen LogP contribution < -0.4 is 10.2 Å². The van der Waals surface area contributed by atoms with E-state index < -0.39 is 0 Å². The number of halogens is 1. The molecule has 142 valence electrons. The molecular weight excluding hydrogens is 350 g/mol. The fourth-order valence-corrected chi connectivity index (χ4v) is 4.39. The first-order valence-electron chi connectivity index (χ1n) is 9.54. The number of carbonyl (C=O) groups is 2. The van der Waals surface area contributed by atoms with Gasteiger partial charge in [-0.25, -0.2) is 0 Å². The van der Waals surface area contributed by atoms with Gasteiger partial charge in [-0.15, -0.1) is 0 Å². The lowest BCUT2D eigenvalue weighted by molar-refractivity contribution is -0.117. The molecule has 0 aliphatic carbocycles. The van der Waals surface area contributed by atoms with Crippen LogP contribution >= 0.6 is 11.6 Å². The van der Waals surface area contributed by atoms with Gasteiger partial charge >= 0.3 is 0 Å². The highest BCUT2D eigenvalue weighted by Gasteiger charge is 2.26. The number of amides is 2. The zero-order valence-electron chi connectivity index (χ0n) is 15.6. The average Bonchev–Trinajstić information content (AvgIpc) is 2.99. The SMILES string of the molecule is CC1CC(C)CN(CCNC(=O)c2ccc(Cl)cc2N2CCCC2=O)C1. The molecule has 1 N–H and O–H groups in total. The van der Waals surface area contributed by atoms with Crippen molar-refractivity contribution in [1.29, 1.82) is 0 Å². The normalized spacial score (nSPS) is 24.1. The minimum absolute atomic E-state index is 0.0533.